The minimum absolute atomic E-state index is 0.00714. The van der Waals surface area contributed by atoms with Gasteiger partial charge < -0.3 is 24.2 Å². The summed E-state index contributed by atoms with van der Waals surface area (Å²) in [6.07, 6.45) is -0.136. The van der Waals surface area contributed by atoms with Crippen molar-refractivity contribution in [2.75, 3.05) is 38.6 Å². The molecule has 2 N–H and O–H groups in total. The Hall–Kier alpha value is -2.63. The molecule has 2 aromatic rings. The molecule has 0 radical (unpaired) electrons. The van der Waals surface area contributed by atoms with Crippen molar-refractivity contribution in [3.8, 4) is 5.75 Å². The van der Waals surface area contributed by atoms with Gasteiger partial charge in [0.2, 0.25) is 0 Å². The van der Waals surface area contributed by atoms with Gasteiger partial charge in [-0.3, -0.25) is 9.52 Å². The highest BCUT2D eigenvalue weighted by molar-refractivity contribution is 7.92. The van der Waals surface area contributed by atoms with Gasteiger partial charge >= 0.3 is 0 Å². The third-order valence-electron chi connectivity index (χ3n) is 5.72. The maximum atomic E-state index is 13.2. The zero-order valence-electron chi connectivity index (χ0n) is 19.8. The second-order valence-electron chi connectivity index (χ2n) is 8.53. The van der Waals surface area contributed by atoms with Crippen LogP contribution in [0.1, 0.15) is 35.7 Å². The summed E-state index contributed by atoms with van der Waals surface area (Å²) >= 11 is 0. The number of carbonyl (C=O) groups is 1. The van der Waals surface area contributed by atoms with E-state index >= 15 is 0 Å². The van der Waals surface area contributed by atoms with Crippen LogP contribution >= 0.6 is 0 Å². The van der Waals surface area contributed by atoms with E-state index in [1.54, 1.807) is 32.0 Å². The average Bonchev–Trinajstić information content (AvgIpc) is 3.11. The maximum absolute atomic E-state index is 13.2. The van der Waals surface area contributed by atoms with Gasteiger partial charge in [0.1, 0.15) is 18.1 Å². The fraction of sp³-hybridized carbons (Fsp3) is 0.545. The monoisotopic (exact) mass is 480 g/mol. The van der Waals surface area contributed by atoms with Crippen molar-refractivity contribution in [2.45, 2.75) is 44.7 Å². The van der Waals surface area contributed by atoms with Crippen molar-refractivity contribution in [2.24, 2.45) is 5.92 Å². The Balaban J connectivity index is 1.94. The second-order valence-corrected chi connectivity index (χ2v) is 10.1. The van der Waals surface area contributed by atoms with Gasteiger partial charge in [-0.1, -0.05) is 12.1 Å². The molecule has 1 aliphatic heterocycles. The van der Waals surface area contributed by atoms with Gasteiger partial charge in [-0.15, -0.1) is 0 Å². The Bertz CT molecular complexity index is 1080. The summed E-state index contributed by atoms with van der Waals surface area (Å²) in [6, 6.07) is 4.63. The first-order valence-electron chi connectivity index (χ1n) is 10.8. The molecule has 2 heterocycles. The van der Waals surface area contributed by atoms with Crippen molar-refractivity contribution >= 4 is 21.6 Å². The number of methoxy groups -OCH3 is 1. The standard InChI is InChI=1S/C22H32N4O6S/c1-13-10-23-14(2)12-31-19-9-17(25-33(28,29)21-15(3)24-32-16(21)4)7-8-18(19)22(27)26(5)11-20(13)30-6/h7-9,13-14,20,23,25H,10-12H2,1-6H3/t13-,14+,20-/m0/s1. The zero-order valence-corrected chi connectivity index (χ0v) is 20.7. The predicted molar refractivity (Wildman–Crippen MR) is 123 cm³/mol. The molecule has 0 bridgehead atoms. The first-order chi connectivity index (χ1) is 15.5. The van der Waals surface area contributed by atoms with E-state index in [1.165, 1.54) is 19.1 Å². The van der Waals surface area contributed by atoms with Crippen LogP contribution in [0.3, 0.4) is 0 Å². The van der Waals surface area contributed by atoms with Crippen molar-refractivity contribution in [1.29, 1.82) is 0 Å². The summed E-state index contributed by atoms with van der Waals surface area (Å²) in [5.41, 5.74) is 0.870. The van der Waals surface area contributed by atoms with Crippen LogP contribution < -0.4 is 14.8 Å². The first-order valence-corrected chi connectivity index (χ1v) is 12.3. The summed E-state index contributed by atoms with van der Waals surface area (Å²) in [6.45, 7) is 8.56. The zero-order chi connectivity index (χ0) is 24.3. The summed E-state index contributed by atoms with van der Waals surface area (Å²) < 4.78 is 44.9. The van der Waals surface area contributed by atoms with Gasteiger partial charge in [0.25, 0.3) is 15.9 Å². The summed E-state index contributed by atoms with van der Waals surface area (Å²) in [4.78, 5) is 14.8. The summed E-state index contributed by atoms with van der Waals surface area (Å²) in [5, 5.41) is 7.13. The number of fused-ring (bicyclic) bond motifs is 1. The number of amides is 1. The number of ether oxygens (including phenoxy) is 2. The number of benzene rings is 1. The van der Waals surface area contributed by atoms with Crippen LogP contribution in [0, 0.1) is 19.8 Å². The van der Waals surface area contributed by atoms with Crippen LogP contribution in [0.25, 0.3) is 0 Å². The van der Waals surface area contributed by atoms with Crippen LogP contribution in [0.4, 0.5) is 5.69 Å². The molecule has 10 nitrogen and oxygen atoms in total. The van der Waals surface area contributed by atoms with Crippen LogP contribution in [-0.2, 0) is 14.8 Å². The van der Waals surface area contributed by atoms with E-state index in [1.807, 2.05) is 6.92 Å². The van der Waals surface area contributed by atoms with Gasteiger partial charge in [0, 0.05) is 39.4 Å². The number of nitrogens with one attached hydrogen (secondary N) is 2. The number of nitrogens with zero attached hydrogens (tertiary/aromatic N) is 2. The molecule has 0 saturated carbocycles. The highest BCUT2D eigenvalue weighted by atomic mass is 32.2. The SMILES string of the molecule is CO[C@H]1CN(C)C(=O)c2ccc(NS(=O)(=O)c3c(C)noc3C)cc2OC[C@@H](C)NC[C@@H]1C. The van der Waals surface area contributed by atoms with E-state index in [0.29, 0.717) is 31.0 Å². The molecule has 0 saturated heterocycles. The number of hydrogen-bond acceptors (Lipinski definition) is 8. The number of hydrogen-bond donors (Lipinski definition) is 2. The van der Waals surface area contributed by atoms with Gasteiger partial charge in [-0.05, 0) is 38.8 Å². The number of rotatable bonds is 4. The maximum Gasteiger partial charge on any atom is 0.267 e. The number of anilines is 1. The van der Waals surface area contributed by atoms with Gasteiger partial charge in [0.05, 0.1) is 17.4 Å². The molecule has 3 rings (SSSR count). The molecule has 1 aromatic carbocycles. The van der Waals surface area contributed by atoms with Crippen molar-refractivity contribution in [1.82, 2.24) is 15.4 Å². The van der Waals surface area contributed by atoms with Crippen LogP contribution in [0.2, 0.25) is 0 Å². The molecule has 33 heavy (non-hydrogen) atoms. The topological polar surface area (TPSA) is 123 Å². The Labute approximate surface area is 194 Å². The van der Waals surface area contributed by atoms with E-state index in [2.05, 4.69) is 22.1 Å². The second kappa shape index (κ2) is 10.1. The molecule has 0 aliphatic carbocycles. The van der Waals surface area contributed by atoms with E-state index in [4.69, 9.17) is 14.0 Å². The molecular weight excluding hydrogens is 448 g/mol. The van der Waals surface area contributed by atoms with Gasteiger partial charge in [-0.2, -0.15) is 0 Å². The molecule has 0 spiro atoms. The summed E-state index contributed by atoms with van der Waals surface area (Å²) in [5.74, 6) is 0.441. The van der Waals surface area contributed by atoms with Crippen molar-refractivity contribution in [3.05, 3.63) is 35.2 Å². The number of aromatic nitrogens is 1. The summed E-state index contributed by atoms with van der Waals surface area (Å²) in [7, 11) is -0.585. The number of aryl methyl sites for hydroxylation is 2. The lowest BCUT2D eigenvalue weighted by Crippen LogP contribution is -2.44. The fourth-order valence-electron chi connectivity index (χ4n) is 3.78. The lowest BCUT2D eigenvalue weighted by Gasteiger charge is -2.30. The number of carbonyl (C=O) groups excluding carboxylic acids is 1. The van der Waals surface area contributed by atoms with Gasteiger partial charge in [0.15, 0.2) is 10.7 Å². The molecule has 1 aliphatic rings. The van der Waals surface area contributed by atoms with Crippen LogP contribution in [0.5, 0.6) is 5.75 Å². The Morgan fingerprint density at radius 3 is 2.64 bits per heavy atom. The Kier molecular flexibility index (Phi) is 7.65. The average molecular weight is 481 g/mol. The largest absolute Gasteiger partial charge is 0.491 e. The molecule has 1 amide bonds. The third kappa shape index (κ3) is 5.66. The molecule has 1 aromatic heterocycles. The van der Waals surface area contributed by atoms with E-state index in [0.717, 1.165) is 0 Å². The first kappa shape index (κ1) is 25.0. The highest BCUT2D eigenvalue weighted by Crippen LogP contribution is 2.28. The highest BCUT2D eigenvalue weighted by Gasteiger charge is 2.27. The normalized spacial score (nSPS) is 22.7. The molecular formula is C22H32N4O6S. The predicted octanol–water partition coefficient (Wildman–Crippen LogP) is 2.19. The Morgan fingerprint density at radius 2 is 2.00 bits per heavy atom. The minimum Gasteiger partial charge on any atom is -0.491 e. The Morgan fingerprint density at radius 1 is 1.27 bits per heavy atom. The molecule has 0 unspecified atom stereocenters. The number of sulfonamides is 1. The lowest BCUT2D eigenvalue weighted by molar-refractivity contribution is 0.0281. The van der Waals surface area contributed by atoms with Crippen molar-refractivity contribution in [3.63, 3.8) is 0 Å². The third-order valence-corrected chi connectivity index (χ3v) is 7.34. The smallest absolute Gasteiger partial charge is 0.267 e. The van der Waals surface area contributed by atoms with Crippen LogP contribution in [0.15, 0.2) is 27.6 Å². The molecule has 3 atom stereocenters. The van der Waals surface area contributed by atoms with Crippen molar-refractivity contribution < 1.29 is 27.2 Å². The van der Waals surface area contributed by atoms with E-state index < -0.39 is 10.0 Å². The lowest BCUT2D eigenvalue weighted by atomic mass is 10.0. The van der Waals surface area contributed by atoms with E-state index in [-0.39, 0.29) is 46.0 Å². The molecule has 11 heteroatoms. The fourth-order valence-corrected chi connectivity index (χ4v) is 5.17. The molecule has 0 fully saturated rings. The minimum atomic E-state index is -3.94. The quantitative estimate of drug-likeness (QED) is 0.683. The number of likely N-dealkylation sites (N-methyl/N-ethyl adjacent to an activating group) is 1. The van der Waals surface area contributed by atoms with Gasteiger partial charge in [-0.25, -0.2) is 8.42 Å². The molecule has 182 valence electrons. The van der Waals surface area contributed by atoms with Crippen LogP contribution in [-0.4, -0.2) is 70.4 Å². The van der Waals surface area contributed by atoms with E-state index in [9.17, 15) is 13.2 Å².